The predicted molar refractivity (Wildman–Crippen MR) is 124 cm³/mol. The molecule has 0 saturated carbocycles. The molecular weight excluding hydrogens is 455 g/mol. The number of likely N-dealkylation sites (tertiary alicyclic amines) is 1. The molecule has 2 aromatic carbocycles. The molecule has 5 rings (SSSR count). The van der Waals surface area contributed by atoms with Crippen molar-refractivity contribution < 1.29 is 32.9 Å². The van der Waals surface area contributed by atoms with Gasteiger partial charge in [0.25, 0.3) is 5.91 Å². The fourth-order valence-electron chi connectivity index (χ4n) is 5.47. The van der Waals surface area contributed by atoms with Crippen LogP contribution >= 0.6 is 0 Å². The van der Waals surface area contributed by atoms with Crippen LogP contribution in [0.25, 0.3) is 0 Å². The highest BCUT2D eigenvalue weighted by Gasteiger charge is 2.48. The highest BCUT2D eigenvalue weighted by Crippen LogP contribution is 2.47. The molecule has 3 aliphatic heterocycles. The quantitative estimate of drug-likeness (QED) is 0.664. The fourth-order valence-corrected chi connectivity index (χ4v) is 5.47. The van der Waals surface area contributed by atoms with E-state index in [1.165, 1.54) is 25.2 Å². The van der Waals surface area contributed by atoms with E-state index in [1.807, 2.05) is 0 Å². The molecule has 2 fully saturated rings. The van der Waals surface area contributed by atoms with Crippen molar-refractivity contribution in [1.82, 2.24) is 9.80 Å². The summed E-state index contributed by atoms with van der Waals surface area (Å²) in [5.74, 6) is -1.64. The Balaban J connectivity index is 1.59. The smallest absolute Gasteiger partial charge is 0.254 e. The van der Waals surface area contributed by atoms with Gasteiger partial charge in [-0.05, 0) is 23.8 Å². The minimum atomic E-state index is -0.830. The normalized spacial score (nSPS) is 23.4. The number of halogens is 1. The van der Waals surface area contributed by atoms with Crippen molar-refractivity contribution >= 4 is 11.8 Å². The molecule has 8 nitrogen and oxygen atoms in total. The summed E-state index contributed by atoms with van der Waals surface area (Å²) in [6.07, 6.45) is 1.12. The third kappa shape index (κ3) is 3.92. The van der Waals surface area contributed by atoms with E-state index in [2.05, 4.69) is 0 Å². The molecule has 1 spiro atoms. The Hall–Kier alpha value is -3.17. The van der Waals surface area contributed by atoms with Gasteiger partial charge in [-0.2, -0.15) is 0 Å². The second kappa shape index (κ2) is 9.13. The van der Waals surface area contributed by atoms with Crippen LogP contribution in [0.1, 0.15) is 46.3 Å². The minimum Gasteiger partial charge on any atom is -0.493 e. The standard InChI is InChI=1S/C26H29FN2O6/c1-28-23(16-6-4-5-7-19(16)27)22(17-14-20(32-2)21(33-3)15-18(17)24(28)30)25(31)29-10-8-26(9-11-29)34-12-13-35-26/h4-7,14-15,22-23H,8-13H2,1-3H3/t22-,23-/m0/s1. The van der Waals surface area contributed by atoms with Gasteiger partial charge in [-0.25, -0.2) is 4.39 Å². The molecular formula is C26H29FN2O6. The molecule has 0 bridgehead atoms. The van der Waals surface area contributed by atoms with Crippen molar-refractivity contribution in [3.63, 3.8) is 0 Å². The fraction of sp³-hybridized carbons (Fsp3) is 0.462. The van der Waals surface area contributed by atoms with E-state index < -0.39 is 23.6 Å². The van der Waals surface area contributed by atoms with E-state index in [0.29, 0.717) is 61.8 Å². The summed E-state index contributed by atoms with van der Waals surface area (Å²) in [6, 6.07) is 8.72. The highest BCUT2D eigenvalue weighted by molar-refractivity contribution is 6.02. The lowest BCUT2D eigenvalue weighted by atomic mass is 9.78. The van der Waals surface area contributed by atoms with Gasteiger partial charge in [-0.15, -0.1) is 0 Å². The highest BCUT2D eigenvalue weighted by atomic mass is 19.1. The second-order valence-corrected chi connectivity index (χ2v) is 9.09. The van der Waals surface area contributed by atoms with Crippen molar-refractivity contribution in [2.75, 3.05) is 47.6 Å². The van der Waals surface area contributed by atoms with Crippen LogP contribution < -0.4 is 9.47 Å². The molecule has 0 radical (unpaired) electrons. The first-order valence-electron chi connectivity index (χ1n) is 11.7. The first-order valence-corrected chi connectivity index (χ1v) is 11.7. The molecule has 2 atom stereocenters. The summed E-state index contributed by atoms with van der Waals surface area (Å²) >= 11 is 0. The number of piperidine rings is 1. The van der Waals surface area contributed by atoms with Crippen LogP contribution in [0.2, 0.25) is 0 Å². The summed E-state index contributed by atoms with van der Waals surface area (Å²) in [5.41, 5.74) is 1.13. The average molecular weight is 485 g/mol. The zero-order valence-corrected chi connectivity index (χ0v) is 20.1. The molecule has 0 aliphatic carbocycles. The van der Waals surface area contributed by atoms with Crippen molar-refractivity contribution in [3.8, 4) is 11.5 Å². The number of ether oxygens (including phenoxy) is 4. The van der Waals surface area contributed by atoms with E-state index in [1.54, 1.807) is 42.3 Å². The molecule has 2 amide bonds. The van der Waals surface area contributed by atoms with Gasteiger partial charge in [0.1, 0.15) is 5.82 Å². The zero-order chi connectivity index (χ0) is 24.7. The van der Waals surface area contributed by atoms with Gasteiger partial charge >= 0.3 is 0 Å². The van der Waals surface area contributed by atoms with Gasteiger partial charge in [-0.1, -0.05) is 18.2 Å². The lowest BCUT2D eigenvalue weighted by molar-refractivity contribution is -0.188. The van der Waals surface area contributed by atoms with Crippen molar-refractivity contribution in [1.29, 1.82) is 0 Å². The Bertz CT molecular complexity index is 1140. The summed E-state index contributed by atoms with van der Waals surface area (Å²) < 4.78 is 37.6. The van der Waals surface area contributed by atoms with Crippen LogP contribution in [0.3, 0.4) is 0 Å². The zero-order valence-electron chi connectivity index (χ0n) is 20.1. The number of carbonyl (C=O) groups is 2. The number of rotatable bonds is 4. The van der Waals surface area contributed by atoms with E-state index in [9.17, 15) is 9.59 Å². The topological polar surface area (TPSA) is 77.5 Å². The van der Waals surface area contributed by atoms with Gasteiger partial charge in [0, 0.05) is 44.1 Å². The molecule has 2 aromatic rings. The SMILES string of the molecule is COc1cc2c(cc1OC)[C@H](C(=O)N1CCC3(CC1)OCCO3)[C@H](c1ccccc1F)N(C)C2=O. The summed E-state index contributed by atoms with van der Waals surface area (Å²) in [7, 11) is 4.59. The van der Waals surface area contributed by atoms with E-state index in [0.717, 1.165) is 0 Å². The Kier molecular flexibility index (Phi) is 6.14. The first kappa shape index (κ1) is 23.6. The number of benzene rings is 2. The Morgan fingerprint density at radius 2 is 1.66 bits per heavy atom. The van der Waals surface area contributed by atoms with Crippen LogP contribution in [-0.4, -0.2) is 75.0 Å². The molecule has 3 heterocycles. The maximum absolute atomic E-state index is 15.1. The molecule has 0 unspecified atom stereocenters. The summed E-state index contributed by atoms with van der Waals surface area (Å²) in [4.78, 5) is 30.8. The number of hydrogen-bond donors (Lipinski definition) is 0. The Morgan fingerprint density at radius 1 is 1.03 bits per heavy atom. The lowest BCUT2D eigenvalue weighted by Crippen LogP contribution is -2.52. The number of carbonyl (C=O) groups excluding carboxylic acids is 2. The van der Waals surface area contributed by atoms with Crippen molar-refractivity contribution in [3.05, 3.63) is 58.9 Å². The van der Waals surface area contributed by atoms with Crippen LogP contribution in [-0.2, 0) is 14.3 Å². The van der Waals surface area contributed by atoms with Gasteiger partial charge in [0.2, 0.25) is 5.91 Å². The molecule has 2 saturated heterocycles. The number of methoxy groups -OCH3 is 2. The summed E-state index contributed by atoms with van der Waals surface area (Å²) in [5, 5.41) is 0. The maximum atomic E-state index is 15.1. The van der Waals surface area contributed by atoms with E-state index >= 15 is 4.39 Å². The van der Waals surface area contributed by atoms with Gasteiger partial charge in [-0.3, -0.25) is 9.59 Å². The van der Waals surface area contributed by atoms with Crippen LogP contribution in [0, 0.1) is 5.82 Å². The van der Waals surface area contributed by atoms with Crippen LogP contribution in [0.4, 0.5) is 4.39 Å². The summed E-state index contributed by atoms with van der Waals surface area (Å²) in [6.45, 7) is 1.99. The number of likely N-dealkylation sites (N-methyl/N-ethyl adjacent to an activating group) is 1. The third-order valence-corrected chi connectivity index (χ3v) is 7.31. The molecule has 0 N–H and O–H groups in total. The molecule has 9 heteroatoms. The first-order chi connectivity index (χ1) is 16.9. The predicted octanol–water partition coefficient (Wildman–Crippen LogP) is 3.12. The van der Waals surface area contributed by atoms with Gasteiger partial charge in [0.05, 0.1) is 39.4 Å². The van der Waals surface area contributed by atoms with Crippen LogP contribution in [0.5, 0.6) is 11.5 Å². The number of amides is 2. The molecule has 186 valence electrons. The Labute approximate surface area is 203 Å². The van der Waals surface area contributed by atoms with E-state index in [4.69, 9.17) is 18.9 Å². The molecule has 0 aromatic heterocycles. The lowest BCUT2D eigenvalue weighted by Gasteiger charge is -2.44. The average Bonchev–Trinajstić information content (AvgIpc) is 3.33. The number of nitrogens with zero attached hydrogens (tertiary/aromatic N) is 2. The van der Waals surface area contributed by atoms with Gasteiger partial charge in [0.15, 0.2) is 17.3 Å². The van der Waals surface area contributed by atoms with Crippen molar-refractivity contribution in [2.24, 2.45) is 0 Å². The van der Waals surface area contributed by atoms with Gasteiger partial charge < -0.3 is 28.7 Å². The number of fused-ring (bicyclic) bond motifs is 1. The number of hydrogen-bond acceptors (Lipinski definition) is 6. The largest absolute Gasteiger partial charge is 0.493 e. The molecule has 35 heavy (non-hydrogen) atoms. The van der Waals surface area contributed by atoms with E-state index in [-0.39, 0.29) is 17.4 Å². The third-order valence-electron chi connectivity index (χ3n) is 7.31. The maximum Gasteiger partial charge on any atom is 0.254 e. The Morgan fingerprint density at radius 3 is 2.29 bits per heavy atom. The molecule has 3 aliphatic rings. The monoisotopic (exact) mass is 484 g/mol. The minimum absolute atomic E-state index is 0.182. The van der Waals surface area contributed by atoms with Crippen molar-refractivity contribution in [2.45, 2.75) is 30.6 Å². The van der Waals surface area contributed by atoms with Crippen LogP contribution in [0.15, 0.2) is 36.4 Å². The second-order valence-electron chi connectivity index (χ2n) is 9.09.